The third kappa shape index (κ3) is 3.92. The summed E-state index contributed by atoms with van der Waals surface area (Å²) >= 11 is 3.45. The Labute approximate surface area is 139 Å². The molecule has 0 amide bonds. The molecule has 3 rings (SSSR count). The van der Waals surface area contributed by atoms with Gasteiger partial charge in [0.1, 0.15) is 0 Å². The molecule has 0 saturated heterocycles. The summed E-state index contributed by atoms with van der Waals surface area (Å²) in [5.41, 5.74) is 4.66. The Morgan fingerprint density at radius 1 is 0.773 bits per heavy atom. The molecule has 0 aliphatic heterocycles. The minimum absolute atomic E-state index is 0.898. The SMILES string of the molecule is Brc1ccc(C=Nc2ccccc2Cc2ccccc2)cc1. The van der Waals surface area contributed by atoms with Crippen LogP contribution in [0.15, 0.2) is 88.3 Å². The Morgan fingerprint density at radius 2 is 1.45 bits per heavy atom. The van der Waals surface area contributed by atoms with Crippen LogP contribution < -0.4 is 0 Å². The van der Waals surface area contributed by atoms with Crippen molar-refractivity contribution in [2.75, 3.05) is 0 Å². The highest BCUT2D eigenvalue weighted by Crippen LogP contribution is 2.22. The maximum Gasteiger partial charge on any atom is 0.0665 e. The van der Waals surface area contributed by atoms with Gasteiger partial charge in [0.2, 0.25) is 0 Å². The molecule has 0 radical (unpaired) electrons. The van der Waals surface area contributed by atoms with Gasteiger partial charge in [0, 0.05) is 10.7 Å². The van der Waals surface area contributed by atoms with Crippen molar-refractivity contribution in [3.05, 3.63) is 100 Å². The van der Waals surface area contributed by atoms with Crippen molar-refractivity contribution in [3.8, 4) is 0 Å². The van der Waals surface area contributed by atoms with E-state index >= 15 is 0 Å². The third-order valence-corrected chi connectivity index (χ3v) is 3.98. The molecular formula is C20H16BrN. The van der Waals surface area contributed by atoms with Crippen LogP contribution in [0.4, 0.5) is 5.69 Å². The van der Waals surface area contributed by atoms with E-state index in [1.807, 2.05) is 42.6 Å². The molecule has 3 aromatic carbocycles. The lowest BCUT2D eigenvalue weighted by Gasteiger charge is -2.05. The molecule has 1 nitrogen and oxygen atoms in total. The Balaban J connectivity index is 1.83. The van der Waals surface area contributed by atoms with Gasteiger partial charge in [-0.1, -0.05) is 76.6 Å². The largest absolute Gasteiger partial charge is 0.256 e. The van der Waals surface area contributed by atoms with Gasteiger partial charge in [0.25, 0.3) is 0 Å². The second-order valence-electron chi connectivity index (χ2n) is 5.10. The molecular weight excluding hydrogens is 334 g/mol. The average Bonchev–Trinajstić information content (AvgIpc) is 2.56. The molecule has 0 heterocycles. The van der Waals surface area contributed by atoms with Crippen molar-refractivity contribution in [3.63, 3.8) is 0 Å². The number of halogens is 1. The summed E-state index contributed by atoms with van der Waals surface area (Å²) in [6.07, 6.45) is 2.81. The third-order valence-electron chi connectivity index (χ3n) is 3.45. The van der Waals surface area contributed by atoms with Gasteiger partial charge in [-0.05, 0) is 41.3 Å². The first-order valence-electron chi connectivity index (χ1n) is 7.23. The van der Waals surface area contributed by atoms with Gasteiger partial charge < -0.3 is 0 Å². The Kier molecular flexibility index (Phi) is 4.81. The lowest BCUT2D eigenvalue weighted by Crippen LogP contribution is -1.89. The fourth-order valence-electron chi connectivity index (χ4n) is 2.29. The summed E-state index contributed by atoms with van der Waals surface area (Å²) in [5, 5.41) is 0. The first kappa shape index (κ1) is 14.7. The van der Waals surface area contributed by atoms with Crippen LogP contribution >= 0.6 is 15.9 Å². The molecule has 22 heavy (non-hydrogen) atoms. The summed E-state index contributed by atoms with van der Waals surface area (Å²) in [4.78, 5) is 4.66. The van der Waals surface area contributed by atoms with Crippen LogP contribution in [0.2, 0.25) is 0 Å². The van der Waals surface area contributed by atoms with E-state index in [-0.39, 0.29) is 0 Å². The highest BCUT2D eigenvalue weighted by Gasteiger charge is 2.01. The van der Waals surface area contributed by atoms with Gasteiger partial charge in [-0.2, -0.15) is 0 Å². The zero-order chi connectivity index (χ0) is 15.2. The Bertz CT molecular complexity index is 761. The normalized spacial score (nSPS) is 11.0. The van der Waals surface area contributed by atoms with Crippen molar-refractivity contribution < 1.29 is 0 Å². The van der Waals surface area contributed by atoms with E-state index in [0.29, 0.717) is 0 Å². The van der Waals surface area contributed by atoms with Crippen molar-refractivity contribution in [1.82, 2.24) is 0 Å². The average molecular weight is 350 g/mol. The van der Waals surface area contributed by atoms with E-state index in [4.69, 9.17) is 0 Å². The van der Waals surface area contributed by atoms with Gasteiger partial charge in [0.15, 0.2) is 0 Å². The minimum Gasteiger partial charge on any atom is -0.256 e. The number of nitrogens with zero attached hydrogens (tertiary/aromatic N) is 1. The van der Waals surface area contributed by atoms with Crippen molar-refractivity contribution in [2.45, 2.75) is 6.42 Å². The molecule has 0 spiro atoms. The van der Waals surface area contributed by atoms with Gasteiger partial charge >= 0.3 is 0 Å². The van der Waals surface area contributed by atoms with Crippen molar-refractivity contribution in [2.24, 2.45) is 4.99 Å². The summed E-state index contributed by atoms with van der Waals surface area (Å²) in [5.74, 6) is 0. The van der Waals surface area contributed by atoms with Crippen LogP contribution in [-0.2, 0) is 6.42 Å². The maximum atomic E-state index is 4.66. The van der Waals surface area contributed by atoms with Crippen molar-refractivity contribution in [1.29, 1.82) is 0 Å². The standard InChI is InChI=1S/C20H16BrN/c21-19-12-10-17(11-13-19)15-22-20-9-5-4-8-18(20)14-16-6-2-1-3-7-16/h1-13,15H,14H2. The Morgan fingerprint density at radius 3 is 2.23 bits per heavy atom. The van der Waals surface area contributed by atoms with Crippen LogP contribution in [0.5, 0.6) is 0 Å². The molecule has 0 atom stereocenters. The van der Waals surface area contributed by atoms with Gasteiger partial charge in [-0.25, -0.2) is 0 Å². The number of benzene rings is 3. The second kappa shape index (κ2) is 7.19. The lowest BCUT2D eigenvalue weighted by molar-refractivity contribution is 1.18. The van der Waals surface area contributed by atoms with Crippen LogP contribution in [0.3, 0.4) is 0 Å². The predicted molar refractivity (Wildman–Crippen MR) is 97.1 cm³/mol. The van der Waals surface area contributed by atoms with Crippen LogP contribution in [0.25, 0.3) is 0 Å². The van der Waals surface area contributed by atoms with E-state index in [1.54, 1.807) is 0 Å². The Hall–Kier alpha value is -2.19. The maximum absolute atomic E-state index is 4.66. The van der Waals surface area contributed by atoms with Crippen LogP contribution in [-0.4, -0.2) is 6.21 Å². The zero-order valence-corrected chi connectivity index (χ0v) is 13.7. The summed E-state index contributed by atoms with van der Waals surface area (Å²) in [6, 6.07) is 26.9. The monoisotopic (exact) mass is 349 g/mol. The highest BCUT2D eigenvalue weighted by atomic mass is 79.9. The zero-order valence-electron chi connectivity index (χ0n) is 12.1. The first-order chi connectivity index (χ1) is 10.8. The molecule has 0 saturated carbocycles. The summed E-state index contributed by atoms with van der Waals surface area (Å²) in [7, 11) is 0. The van der Waals surface area contributed by atoms with Gasteiger partial charge in [-0.15, -0.1) is 0 Å². The van der Waals surface area contributed by atoms with Crippen LogP contribution in [0, 0.1) is 0 Å². The molecule has 0 aliphatic carbocycles. The molecule has 3 aromatic rings. The molecule has 0 bridgehead atoms. The quantitative estimate of drug-likeness (QED) is 0.528. The number of rotatable bonds is 4. The summed E-state index contributed by atoms with van der Waals surface area (Å²) in [6.45, 7) is 0. The molecule has 2 heteroatoms. The molecule has 0 unspecified atom stereocenters. The molecule has 0 aromatic heterocycles. The molecule has 0 aliphatic rings. The van der Waals surface area contributed by atoms with E-state index in [1.165, 1.54) is 11.1 Å². The van der Waals surface area contributed by atoms with E-state index in [0.717, 1.165) is 22.1 Å². The number of hydrogen-bond donors (Lipinski definition) is 0. The highest BCUT2D eigenvalue weighted by molar-refractivity contribution is 9.10. The smallest absolute Gasteiger partial charge is 0.0665 e. The first-order valence-corrected chi connectivity index (χ1v) is 8.02. The summed E-state index contributed by atoms with van der Waals surface area (Å²) < 4.78 is 1.08. The van der Waals surface area contributed by atoms with E-state index in [9.17, 15) is 0 Å². The predicted octanol–water partition coefficient (Wildman–Crippen LogP) is 5.79. The second-order valence-corrected chi connectivity index (χ2v) is 6.02. The fraction of sp³-hybridized carbons (Fsp3) is 0.0500. The van der Waals surface area contributed by atoms with E-state index < -0.39 is 0 Å². The fourth-order valence-corrected chi connectivity index (χ4v) is 2.56. The number of aliphatic imine (C=N–C) groups is 1. The number of para-hydroxylation sites is 1. The molecule has 0 fully saturated rings. The lowest BCUT2D eigenvalue weighted by atomic mass is 10.0. The van der Waals surface area contributed by atoms with Crippen molar-refractivity contribution >= 4 is 27.8 Å². The molecule has 108 valence electrons. The number of hydrogen-bond acceptors (Lipinski definition) is 1. The minimum atomic E-state index is 0.898. The molecule has 0 N–H and O–H groups in total. The van der Waals surface area contributed by atoms with E-state index in [2.05, 4.69) is 63.4 Å². The van der Waals surface area contributed by atoms with Crippen LogP contribution in [0.1, 0.15) is 16.7 Å². The topological polar surface area (TPSA) is 12.4 Å². The van der Waals surface area contributed by atoms with Gasteiger partial charge in [-0.3, -0.25) is 4.99 Å². The van der Waals surface area contributed by atoms with Gasteiger partial charge in [0.05, 0.1) is 5.69 Å².